The van der Waals surface area contributed by atoms with E-state index in [4.69, 9.17) is 14.6 Å². The summed E-state index contributed by atoms with van der Waals surface area (Å²) >= 11 is 0. The molecular formula is C14H17NO5. The highest BCUT2D eigenvalue weighted by Crippen LogP contribution is 2.20. The summed E-state index contributed by atoms with van der Waals surface area (Å²) in [6.45, 7) is 0.836. The zero-order valence-electron chi connectivity index (χ0n) is 11.0. The average Bonchev–Trinajstić information content (AvgIpc) is 2.92. The van der Waals surface area contributed by atoms with E-state index in [9.17, 15) is 9.59 Å². The number of carbonyl (C=O) groups is 2. The fourth-order valence-corrected chi connectivity index (χ4v) is 2.10. The molecule has 1 aromatic rings. The molecule has 0 saturated carbocycles. The molecule has 0 bridgehead atoms. The first-order valence-electron chi connectivity index (χ1n) is 6.46. The molecule has 1 aromatic carbocycles. The summed E-state index contributed by atoms with van der Waals surface area (Å²) in [6.07, 6.45) is -0.773. The fourth-order valence-electron chi connectivity index (χ4n) is 2.10. The third-order valence-corrected chi connectivity index (χ3v) is 3.18. The van der Waals surface area contributed by atoms with Crippen LogP contribution in [0.1, 0.15) is 12.0 Å². The minimum atomic E-state index is -0.994. The maximum Gasteiger partial charge on any atom is 0.407 e. The van der Waals surface area contributed by atoms with Gasteiger partial charge in [0, 0.05) is 19.1 Å². The van der Waals surface area contributed by atoms with Gasteiger partial charge in [-0.15, -0.1) is 0 Å². The zero-order chi connectivity index (χ0) is 14.4. The molecule has 0 unspecified atom stereocenters. The van der Waals surface area contributed by atoms with Crippen LogP contribution in [0, 0.1) is 5.92 Å². The van der Waals surface area contributed by atoms with Gasteiger partial charge >= 0.3 is 12.1 Å². The number of carboxylic acids is 1. The molecule has 1 aliphatic rings. The molecule has 1 saturated heterocycles. The van der Waals surface area contributed by atoms with Crippen molar-refractivity contribution >= 4 is 12.1 Å². The molecular weight excluding hydrogens is 262 g/mol. The van der Waals surface area contributed by atoms with Gasteiger partial charge in [0.15, 0.2) is 6.10 Å². The van der Waals surface area contributed by atoms with E-state index < -0.39 is 18.2 Å². The number of alkyl carbamates (subject to hydrolysis) is 1. The second kappa shape index (κ2) is 6.91. The third kappa shape index (κ3) is 3.96. The number of ether oxygens (including phenoxy) is 2. The standard InChI is InChI=1S/C14H17NO5/c16-13(17)12-11(6-7-19-12)8-15-14(18)20-9-10-4-2-1-3-5-10/h1-5,11-12H,6-9H2,(H,15,18)(H,16,17)/t11-,12-/m1/s1. The van der Waals surface area contributed by atoms with E-state index in [2.05, 4.69) is 5.32 Å². The molecule has 2 atom stereocenters. The minimum Gasteiger partial charge on any atom is -0.479 e. The number of carbonyl (C=O) groups excluding carboxylic acids is 1. The molecule has 2 N–H and O–H groups in total. The van der Waals surface area contributed by atoms with E-state index >= 15 is 0 Å². The Morgan fingerprint density at radius 3 is 2.80 bits per heavy atom. The van der Waals surface area contributed by atoms with E-state index in [-0.39, 0.29) is 19.1 Å². The van der Waals surface area contributed by atoms with Crippen molar-refractivity contribution in [3.8, 4) is 0 Å². The van der Waals surface area contributed by atoms with Crippen molar-refractivity contribution in [3.63, 3.8) is 0 Å². The number of hydrogen-bond acceptors (Lipinski definition) is 4. The summed E-state index contributed by atoms with van der Waals surface area (Å²) in [7, 11) is 0. The Bertz CT molecular complexity index is 462. The van der Waals surface area contributed by atoms with Crippen LogP contribution in [-0.4, -0.2) is 36.4 Å². The maximum absolute atomic E-state index is 11.5. The number of aliphatic carboxylic acids is 1. The molecule has 6 heteroatoms. The lowest BCUT2D eigenvalue weighted by molar-refractivity contribution is -0.149. The van der Waals surface area contributed by atoms with Crippen LogP contribution in [0.2, 0.25) is 0 Å². The van der Waals surface area contributed by atoms with Gasteiger partial charge in [-0.25, -0.2) is 9.59 Å². The summed E-state index contributed by atoms with van der Waals surface area (Å²) in [5.41, 5.74) is 0.898. The molecule has 2 rings (SSSR count). The van der Waals surface area contributed by atoms with Crippen LogP contribution in [-0.2, 0) is 20.9 Å². The Balaban J connectivity index is 1.71. The van der Waals surface area contributed by atoms with Gasteiger partial charge in [-0.1, -0.05) is 30.3 Å². The molecule has 6 nitrogen and oxygen atoms in total. The summed E-state index contributed by atoms with van der Waals surface area (Å²) < 4.78 is 10.1. The van der Waals surface area contributed by atoms with Crippen molar-refractivity contribution in [2.75, 3.05) is 13.2 Å². The lowest BCUT2D eigenvalue weighted by atomic mass is 10.0. The second-order valence-electron chi connectivity index (χ2n) is 4.62. The van der Waals surface area contributed by atoms with E-state index in [1.165, 1.54) is 0 Å². The van der Waals surface area contributed by atoms with Gasteiger partial charge in [-0.2, -0.15) is 0 Å². The molecule has 1 aliphatic heterocycles. The number of amides is 1. The Morgan fingerprint density at radius 1 is 1.35 bits per heavy atom. The smallest absolute Gasteiger partial charge is 0.407 e. The van der Waals surface area contributed by atoms with E-state index in [0.717, 1.165) is 5.56 Å². The highest BCUT2D eigenvalue weighted by molar-refractivity contribution is 5.73. The number of nitrogens with one attached hydrogen (secondary N) is 1. The van der Waals surface area contributed by atoms with Gasteiger partial charge in [0.1, 0.15) is 6.61 Å². The van der Waals surface area contributed by atoms with E-state index in [1.54, 1.807) is 0 Å². The molecule has 108 valence electrons. The lowest BCUT2D eigenvalue weighted by Gasteiger charge is -2.15. The quantitative estimate of drug-likeness (QED) is 0.851. The number of rotatable bonds is 5. The number of benzene rings is 1. The number of hydrogen-bond donors (Lipinski definition) is 2. The van der Waals surface area contributed by atoms with Gasteiger partial charge in [0.2, 0.25) is 0 Å². The van der Waals surface area contributed by atoms with Crippen LogP contribution in [0.25, 0.3) is 0 Å². The molecule has 1 amide bonds. The van der Waals surface area contributed by atoms with Gasteiger partial charge in [-0.05, 0) is 12.0 Å². The van der Waals surface area contributed by atoms with E-state index in [0.29, 0.717) is 13.0 Å². The fraction of sp³-hybridized carbons (Fsp3) is 0.429. The van der Waals surface area contributed by atoms with Crippen LogP contribution in [0.15, 0.2) is 30.3 Å². The molecule has 1 heterocycles. The van der Waals surface area contributed by atoms with Crippen molar-refractivity contribution in [2.24, 2.45) is 5.92 Å². The SMILES string of the molecule is O=C(NC[C@H]1CCO[C@H]1C(=O)O)OCc1ccccc1. The van der Waals surface area contributed by atoms with E-state index in [1.807, 2.05) is 30.3 Å². The van der Waals surface area contributed by atoms with Crippen LogP contribution < -0.4 is 5.32 Å². The van der Waals surface area contributed by atoms with Gasteiger partial charge in [0.25, 0.3) is 0 Å². The highest BCUT2D eigenvalue weighted by Gasteiger charge is 2.34. The maximum atomic E-state index is 11.5. The molecule has 0 aliphatic carbocycles. The monoisotopic (exact) mass is 279 g/mol. The largest absolute Gasteiger partial charge is 0.479 e. The molecule has 1 fully saturated rings. The van der Waals surface area contributed by atoms with Gasteiger partial charge < -0.3 is 19.9 Å². The first kappa shape index (κ1) is 14.3. The van der Waals surface area contributed by atoms with Crippen LogP contribution in [0.3, 0.4) is 0 Å². The van der Waals surface area contributed by atoms with Crippen molar-refractivity contribution < 1.29 is 24.2 Å². The predicted octanol–water partition coefficient (Wildman–Crippen LogP) is 1.40. The summed E-state index contributed by atoms with van der Waals surface area (Å²) in [5.74, 6) is -1.20. The van der Waals surface area contributed by atoms with Crippen molar-refractivity contribution in [1.82, 2.24) is 5.32 Å². The zero-order valence-corrected chi connectivity index (χ0v) is 11.0. The average molecular weight is 279 g/mol. The molecule has 0 aromatic heterocycles. The predicted molar refractivity (Wildman–Crippen MR) is 70.1 cm³/mol. The molecule has 20 heavy (non-hydrogen) atoms. The third-order valence-electron chi connectivity index (χ3n) is 3.18. The van der Waals surface area contributed by atoms with Gasteiger partial charge in [-0.3, -0.25) is 0 Å². The summed E-state index contributed by atoms with van der Waals surface area (Å²) in [6, 6.07) is 9.33. The number of carboxylic acid groups (broad SMARTS) is 1. The first-order valence-corrected chi connectivity index (χ1v) is 6.46. The summed E-state index contributed by atoms with van der Waals surface area (Å²) in [5, 5.41) is 11.5. The normalized spacial score (nSPS) is 21.4. The van der Waals surface area contributed by atoms with Crippen LogP contribution >= 0.6 is 0 Å². The Hall–Kier alpha value is -2.08. The highest BCUT2D eigenvalue weighted by atomic mass is 16.5. The second-order valence-corrected chi connectivity index (χ2v) is 4.62. The molecule has 0 spiro atoms. The Labute approximate surface area is 116 Å². The van der Waals surface area contributed by atoms with Crippen molar-refractivity contribution in [3.05, 3.63) is 35.9 Å². The first-order chi connectivity index (χ1) is 9.66. The van der Waals surface area contributed by atoms with Crippen molar-refractivity contribution in [1.29, 1.82) is 0 Å². The summed E-state index contributed by atoms with van der Waals surface area (Å²) in [4.78, 5) is 22.4. The van der Waals surface area contributed by atoms with Crippen LogP contribution in [0.4, 0.5) is 4.79 Å². The topological polar surface area (TPSA) is 84.9 Å². The van der Waals surface area contributed by atoms with Crippen molar-refractivity contribution in [2.45, 2.75) is 19.1 Å². The minimum absolute atomic E-state index is 0.191. The Morgan fingerprint density at radius 2 is 2.10 bits per heavy atom. The molecule has 0 radical (unpaired) electrons. The van der Waals surface area contributed by atoms with Gasteiger partial charge in [0.05, 0.1) is 0 Å². The van der Waals surface area contributed by atoms with Crippen LogP contribution in [0.5, 0.6) is 0 Å². The lowest BCUT2D eigenvalue weighted by Crippen LogP contribution is -2.36. The Kier molecular flexibility index (Phi) is 4.95.